The SMILES string of the molecule is Cc1cc(-c2ccc(CN)cc2)c(C)n(C)c1=O. The minimum Gasteiger partial charge on any atom is -0.326 e. The minimum absolute atomic E-state index is 0.0647. The Labute approximate surface area is 107 Å². The Morgan fingerprint density at radius 1 is 1.17 bits per heavy atom. The fourth-order valence-corrected chi connectivity index (χ4v) is 2.09. The first-order valence-corrected chi connectivity index (χ1v) is 6.01. The number of rotatable bonds is 2. The van der Waals surface area contributed by atoms with Crippen LogP contribution in [0.1, 0.15) is 16.8 Å². The molecule has 0 aliphatic carbocycles. The van der Waals surface area contributed by atoms with Gasteiger partial charge < -0.3 is 10.3 Å². The van der Waals surface area contributed by atoms with Crippen LogP contribution in [0.4, 0.5) is 0 Å². The standard InChI is InChI=1S/C15H18N2O/c1-10-8-14(11(2)17(3)15(10)18)13-6-4-12(9-16)5-7-13/h4-8H,9,16H2,1-3H3. The van der Waals surface area contributed by atoms with E-state index in [1.165, 1.54) is 0 Å². The minimum atomic E-state index is 0.0647. The molecule has 0 fully saturated rings. The first kappa shape index (κ1) is 12.6. The first-order valence-electron chi connectivity index (χ1n) is 6.01. The molecule has 0 radical (unpaired) electrons. The van der Waals surface area contributed by atoms with Crippen LogP contribution in [0.5, 0.6) is 0 Å². The molecule has 0 saturated carbocycles. The largest absolute Gasteiger partial charge is 0.326 e. The monoisotopic (exact) mass is 242 g/mol. The molecule has 1 heterocycles. The Morgan fingerprint density at radius 2 is 1.78 bits per heavy atom. The summed E-state index contributed by atoms with van der Waals surface area (Å²) in [6.07, 6.45) is 0. The van der Waals surface area contributed by atoms with E-state index in [0.29, 0.717) is 6.54 Å². The van der Waals surface area contributed by atoms with Crippen LogP contribution in [-0.2, 0) is 13.6 Å². The molecule has 18 heavy (non-hydrogen) atoms. The molecule has 0 aliphatic rings. The van der Waals surface area contributed by atoms with E-state index in [0.717, 1.165) is 27.9 Å². The molecule has 0 saturated heterocycles. The van der Waals surface area contributed by atoms with E-state index in [1.54, 1.807) is 4.57 Å². The molecule has 3 nitrogen and oxygen atoms in total. The van der Waals surface area contributed by atoms with Crippen LogP contribution in [0, 0.1) is 13.8 Å². The van der Waals surface area contributed by atoms with Crippen molar-refractivity contribution >= 4 is 0 Å². The van der Waals surface area contributed by atoms with Gasteiger partial charge in [-0.25, -0.2) is 0 Å². The van der Waals surface area contributed by atoms with E-state index < -0.39 is 0 Å². The number of aromatic nitrogens is 1. The lowest BCUT2D eigenvalue weighted by Crippen LogP contribution is -2.21. The molecule has 0 atom stereocenters. The van der Waals surface area contributed by atoms with E-state index in [2.05, 4.69) is 12.1 Å². The molecular weight excluding hydrogens is 224 g/mol. The number of nitrogens with two attached hydrogens (primary N) is 1. The zero-order valence-corrected chi connectivity index (χ0v) is 11.0. The summed E-state index contributed by atoms with van der Waals surface area (Å²) in [5.41, 5.74) is 10.7. The van der Waals surface area contributed by atoms with Crippen molar-refractivity contribution in [1.29, 1.82) is 0 Å². The van der Waals surface area contributed by atoms with Crippen molar-refractivity contribution in [1.82, 2.24) is 4.57 Å². The molecule has 2 aromatic rings. The number of benzene rings is 1. The molecule has 94 valence electrons. The van der Waals surface area contributed by atoms with Gasteiger partial charge in [-0.2, -0.15) is 0 Å². The van der Waals surface area contributed by atoms with E-state index in [-0.39, 0.29) is 5.56 Å². The van der Waals surface area contributed by atoms with Crippen LogP contribution < -0.4 is 11.3 Å². The number of pyridine rings is 1. The van der Waals surface area contributed by atoms with E-state index in [9.17, 15) is 4.79 Å². The Hall–Kier alpha value is -1.87. The van der Waals surface area contributed by atoms with Crippen molar-refractivity contribution < 1.29 is 0 Å². The summed E-state index contributed by atoms with van der Waals surface area (Å²) in [6, 6.07) is 10.1. The predicted octanol–water partition coefficient (Wildman–Crippen LogP) is 2.13. The number of hydrogen-bond donors (Lipinski definition) is 1. The smallest absolute Gasteiger partial charge is 0.253 e. The van der Waals surface area contributed by atoms with Crippen molar-refractivity contribution in [2.45, 2.75) is 20.4 Å². The highest BCUT2D eigenvalue weighted by Crippen LogP contribution is 2.23. The van der Waals surface area contributed by atoms with Gasteiger partial charge in [0.1, 0.15) is 0 Å². The van der Waals surface area contributed by atoms with Gasteiger partial charge in [-0.1, -0.05) is 24.3 Å². The predicted molar refractivity (Wildman–Crippen MR) is 74.5 cm³/mol. The Bertz CT molecular complexity index is 624. The van der Waals surface area contributed by atoms with Gasteiger partial charge in [0.05, 0.1) is 0 Å². The topological polar surface area (TPSA) is 48.0 Å². The highest BCUT2D eigenvalue weighted by atomic mass is 16.1. The summed E-state index contributed by atoms with van der Waals surface area (Å²) in [5, 5.41) is 0. The molecule has 0 bridgehead atoms. The summed E-state index contributed by atoms with van der Waals surface area (Å²) in [5.74, 6) is 0. The molecule has 3 heteroatoms. The number of nitrogens with zero attached hydrogens (tertiary/aromatic N) is 1. The van der Waals surface area contributed by atoms with Crippen LogP contribution in [-0.4, -0.2) is 4.57 Å². The van der Waals surface area contributed by atoms with E-state index >= 15 is 0 Å². The molecule has 0 amide bonds. The maximum atomic E-state index is 11.8. The van der Waals surface area contributed by atoms with Gasteiger partial charge >= 0.3 is 0 Å². The second-order valence-electron chi connectivity index (χ2n) is 4.59. The molecule has 1 aromatic carbocycles. The fraction of sp³-hybridized carbons (Fsp3) is 0.267. The van der Waals surface area contributed by atoms with Gasteiger partial charge in [0.2, 0.25) is 0 Å². The highest BCUT2D eigenvalue weighted by molar-refractivity contribution is 5.66. The maximum Gasteiger partial charge on any atom is 0.253 e. The summed E-state index contributed by atoms with van der Waals surface area (Å²) in [7, 11) is 1.81. The lowest BCUT2D eigenvalue weighted by atomic mass is 10.0. The Balaban J connectivity index is 2.60. The van der Waals surface area contributed by atoms with Gasteiger partial charge in [0, 0.05) is 30.4 Å². The Kier molecular flexibility index (Phi) is 3.34. The lowest BCUT2D eigenvalue weighted by molar-refractivity contribution is 0.811. The van der Waals surface area contributed by atoms with Crippen LogP contribution in [0.15, 0.2) is 35.1 Å². The van der Waals surface area contributed by atoms with Gasteiger partial charge in [-0.3, -0.25) is 4.79 Å². The zero-order chi connectivity index (χ0) is 13.3. The Morgan fingerprint density at radius 3 is 2.33 bits per heavy atom. The van der Waals surface area contributed by atoms with Crippen molar-refractivity contribution in [3.05, 3.63) is 57.5 Å². The molecule has 0 unspecified atom stereocenters. The molecule has 1 aromatic heterocycles. The number of aryl methyl sites for hydroxylation is 1. The third-order valence-electron chi connectivity index (χ3n) is 3.40. The van der Waals surface area contributed by atoms with E-state index in [4.69, 9.17) is 5.73 Å². The van der Waals surface area contributed by atoms with Crippen molar-refractivity contribution in [3.63, 3.8) is 0 Å². The third kappa shape index (κ3) is 2.09. The third-order valence-corrected chi connectivity index (χ3v) is 3.40. The van der Waals surface area contributed by atoms with Crippen LogP contribution in [0.3, 0.4) is 0 Å². The van der Waals surface area contributed by atoms with Gasteiger partial charge in [0.15, 0.2) is 0 Å². The summed E-state index contributed by atoms with van der Waals surface area (Å²) in [6.45, 7) is 4.36. The maximum absolute atomic E-state index is 11.8. The molecule has 0 spiro atoms. The average Bonchev–Trinajstić information content (AvgIpc) is 2.41. The van der Waals surface area contributed by atoms with E-state index in [1.807, 2.05) is 39.1 Å². The lowest BCUT2D eigenvalue weighted by Gasteiger charge is -2.12. The van der Waals surface area contributed by atoms with Gasteiger partial charge in [0.25, 0.3) is 5.56 Å². The second-order valence-corrected chi connectivity index (χ2v) is 4.59. The first-order chi connectivity index (χ1) is 8.54. The summed E-state index contributed by atoms with van der Waals surface area (Å²) in [4.78, 5) is 11.8. The molecule has 2 N–H and O–H groups in total. The van der Waals surface area contributed by atoms with Gasteiger partial charge in [-0.15, -0.1) is 0 Å². The molecule has 0 aliphatic heterocycles. The molecular formula is C15H18N2O. The number of hydrogen-bond acceptors (Lipinski definition) is 2. The van der Waals surface area contributed by atoms with Crippen LogP contribution in [0.2, 0.25) is 0 Å². The molecule has 2 rings (SSSR count). The fourth-order valence-electron chi connectivity index (χ4n) is 2.09. The summed E-state index contributed by atoms with van der Waals surface area (Å²) >= 11 is 0. The van der Waals surface area contributed by atoms with Crippen molar-refractivity contribution in [3.8, 4) is 11.1 Å². The van der Waals surface area contributed by atoms with Crippen LogP contribution >= 0.6 is 0 Å². The van der Waals surface area contributed by atoms with Gasteiger partial charge in [-0.05, 0) is 31.0 Å². The van der Waals surface area contributed by atoms with Crippen LogP contribution in [0.25, 0.3) is 11.1 Å². The van der Waals surface area contributed by atoms with Crippen molar-refractivity contribution in [2.24, 2.45) is 12.8 Å². The average molecular weight is 242 g/mol. The normalized spacial score (nSPS) is 10.7. The zero-order valence-electron chi connectivity index (χ0n) is 11.0. The van der Waals surface area contributed by atoms with Crippen molar-refractivity contribution in [2.75, 3.05) is 0 Å². The summed E-state index contributed by atoms with van der Waals surface area (Å²) < 4.78 is 1.70. The quantitative estimate of drug-likeness (QED) is 0.877. The second kappa shape index (κ2) is 4.78. The highest BCUT2D eigenvalue weighted by Gasteiger charge is 2.08.